The van der Waals surface area contributed by atoms with Crippen LogP contribution in [0, 0.1) is 5.92 Å². The monoisotopic (exact) mass is 214 g/mol. The Bertz CT molecular complexity index is 149. The van der Waals surface area contributed by atoms with Gasteiger partial charge in [0.25, 0.3) is 0 Å². The maximum atomic E-state index is 5.55. The van der Waals surface area contributed by atoms with E-state index in [1.807, 2.05) is 13.8 Å². The highest BCUT2D eigenvalue weighted by molar-refractivity contribution is 4.80. The van der Waals surface area contributed by atoms with Gasteiger partial charge in [0.2, 0.25) is 0 Å². The first-order chi connectivity index (χ1) is 7.26. The highest BCUT2D eigenvalue weighted by Gasteiger charge is 2.16. The zero-order valence-electron chi connectivity index (χ0n) is 10.7. The van der Waals surface area contributed by atoms with Crippen molar-refractivity contribution >= 4 is 0 Å². The van der Waals surface area contributed by atoms with Gasteiger partial charge in [0.15, 0.2) is 6.29 Å². The summed E-state index contributed by atoms with van der Waals surface area (Å²) in [5, 5.41) is 0. The Morgan fingerprint density at radius 1 is 1.00 bits per heavy atom. The standard InChI is InChI=1S/C13H26O2/c1-5-8-9-10-11-12(4)13(14-6-2)15-7-3/h8-9,12-13H,5-7,10-11H2,1-4H3. The van der Waals surface area contributed by atoms with Gasteiger partial charge < -0.3 is 9.47 Å². The molecule has 0 aromatic carbocycles. The zero-order valence-corrected chi connectivity index (χ0v) is 10.7. The van der Waals surface area contributed by atoms with Gasteiger partial charge in [-0.15, -0.1) is 0 Å². The Kier molecular flexibility index (Phi) is 9.96. The number of rotatable bonds is 9. The Balaban J connectivity index is 3.79. The van der Waals surface area contributed by atoms with Crippen molar-refractivity contribution in [2.75, 3.05) is 13.2 Å². The van der Waals surface area contributed by atoms with Crippen molar-refractivity contribution < 1.29 is 9.47 Å². The summed E-state index contributed by atoms with van der Waals surface area (Å²) in [5.41, 5.74) is 0. The summed E-state index contributed by atoms with van der Waals surface area (Å²) in [5.74, 6) is 0.464. The molecular weight excluding hydrogens is 188 g/mol. The average molecular weight is 214 g/mol. The van der Waals surface area contributed by atoms with Crippen LogP contribution in [0.2, 0.25) is 0 Å². The van der Waals surface area contributed by atoms with Crippen LogP contribution < -0.4 is 0 Å². The third-order valence-corrected chi connectivity index (χ3v) is 2.32. The molecule has 0 aliphatic rings. The second kappa shape index (κ2) is 10.2. The van der Waals surface area contributed by atoms with E-state index in [9.17, 15) is 0 Å². The van der Waals surface area contributed by atoms with E-state index < -0.39 is 0 Å². The summed E-state index contributed by atoms with van der Waals surface area (Å²) in [6.45, 7) is 9.81. The quantitative estimate of drug-likeness (QED) is 0.429. The summed E-state index contributed by atoms with van der Waals surface area (Å²) in [6.07, 6.45) is 7.78. The Hall–Kier alpha value is -0.340. The number of ether oxygens (including phenoxy) is 2. The predicted molar refractivity (Wildman–Crippen MR) is 64.9 cm³/mol. The normalized spacial score (nSPS) is 13.9. The summed E-state index contributed by atoms with van der Waals surface area (Å²) in [4.78, 5) is 0. The Morgan fingerprint density at radius 3 is 2.07 bits per heavy atom. The van der Waals surface area contributed by atoms with E-state index in [1.54, 1.807) is 0 Å². The van der Waals surface area contributed by atoms with Crippen molar-refractivity contribution in [1.82, 2.24) is 0 Å². The van der Waals surface area contributed by atoms with Crippen molar-refractivity contribution in [3.05, 3.63) is 12.2 Å². The third kappa shape index (κ3) is 7.57. The number of hydrogen-bond acceptors (Lipinski definition) is 2. The van der Waals surface area contributed by atoms with Crippen LogP contribution in [0.3, 0.4) is 0 Å². The fraction of sp³-hybridized carbons (Fsp3) is 0.846. The first-order valence-corrected chi connectivity index (χ1v) is 6.14. The molecule has 0 saturated carbocycles. The molecule has 0 radical (unpaired) electrons. The van der Waals surface area contributed by atoms with Gasteiger partial charge in [0.1, 0.15) is 0 Å². The minimum atomic E-state index is -0.0324. The first kappa shape index (κ1) is 14.7. The predicted octanol–water partition coefficient (Wildman–Crippen LogP) is 3.77. The summed E-state index contributed by atoms with van der Waals surface area (Å²) >= 11 is 0. The van der Waals surface area contributed by atoms with E-state index in [1.165, 1.54) is 0 Å². The fourth-order valence-electron chi connectivity index (χ4n) is 1.48. The topological polar surface area (TPSA) is 18.5 Å². The van der Waals surface area contributed by atoms with Gasteiger partial charge in [0.05, 0.1) is 0 Å². The smallest absolute Gasteiger partial charge is 0.160 e. The minimum Gasteiger partial charge on any atom is -0.353 e. The van der Waals surface area contributed by atoms with Crippen LogP contribution in [-0.2, 0) is 9.47 Å². The van der Waals surface area contributed by atoms with Gasteiger partial charge in [-0.05, 0) is 33.1 Å². The molecule has 2 nitrogen and oxygen atoms in total. The van der Waals surface area contributed by atoms with E-state index >= 15 is 0 Å². The second-order valence-electron chi connectivity index (χ2n) is 3.71. The van der Waals surface area contributed by atoms with Crippen LogP contribution in [0.1, 0.15) is 47.0 Å². The largest absolute Gasteiger partial charge is 0.353 e. The molecule has 1 atom stereocenters. The highest BCUT2D eigenvalue weighted by Crippen LogP contribution is 2.15. The summed E-state index contributed by atoms with van der Waals surface area (Å²) in [7, 11) is 0. The molecule has 0 spiro atoms. The van der Waals surface area contributed by atoms with Crippen LogP contribution >= 0.6 is 0 Å². The van der Waals surface area contributed by atoms with Gasteiger partial charge >= 0.3 is 0 Å². The molecule has 0 N–H and O–H groups in total. The molecule has 90 valence electrons. The van der Waals surface area contributed by atoms with Gasteiger partial charge in [-0.1, -0.05) is 26.0 Å². The molecule has 0 aliphatic heterocycles. The molecule has 0 bridgehead atoms. The molecular formula is C13H26O2. The zero-order chi connectivity index (χ0) is 11.5. The van der Waals surface area contributed by atoms with E-state index in [4.69, 9.17) is 9.47 Å². The lowest BCUT2D eigenvalue weighted by Gasteiger charge is -2.23. The van der Waals surface area contributed by atoms with Gasteiger partial charge in [-0.25, -0.2) is 0 Å². The molecule has 1 unspecified atom stereocenters. The molecule has 0 amide bonds. The SMILES string of the molecule is CCC=CCCC(C)C(OCC)OCC. The average Bonchev–Trinajstić information content (AvgIpc) is 2.24. The maximum Gasteiger partial charge on any atom is 0.160 e. The second-order valence-corrected chi connectivity index (χ2v) is 3.71. The van der Waals surface area contributed by atoms with E-state index in [0.29, 0.717) is 5.92 Å². The van der Waals surface area contributed by atoms with Crippen LogP contribution in [-0.4, -0.2) is 19.5 Å². The van der Waals surface area contributed by atoms with E-state index in [-0.39, 0.29) is 6.29 Å². The van der Waals surface area contributed by atoms with Crippen LogP contribution in [0.5, 0.6) is 0 Å². The van der Waals surface area contributed by atoms with Gasteiger partial charge in [0, 0.05) is 19.1 Å². The van der Waals surface area contributed by atoms with Crippen molar-refractivity contribution in [2.24, 2.45) is 5.92 Å². The Morgan fingerprint density at radius 2 is 1.60 bits per heavy atom. The van der Waals surface area contributed by atoms with Crippen molar-refractivity contribution in [3.63, 3.8) is 0 Å². The molecule has 0 rings (SSSR count). The molecule has 0 saturated heterocycles. The molecule has 2 heteroatoms. The first-order valence-electron chi connectivity index (χ1n) is 6.14. The lowest BCUT2D eigenvalue weighted by molar-refractivity contribution is -0.164. The molecule has 0 aromatic heterocycles. The third-order valence-electron chi connectivity index (χ3n) is 2.32. The van der Waals surface area contributed by atoms with E-state index in [0.717, 1.165) is 32.5 Å². The van der Waals surface area contributed by atoms with Crippen LogP contribution in [0.15, 0.2) is 12.2 Å². The number of hydrogen-bond donors (Lipinski definition) is 0. The van der Waals surface area contributed by atoms with E-state index in [2.05, 4.69) is 26.0 Å². The van der Waals surface area contributed by atoms with Crippen molar-refractivity contribution in [1.29, 1.82) is 0 Å². The number of allylic oxidation sites excluding steroid dienone is 2. The fourth-order valence-corrected chi connectivity index (χ4v) is 1.48. The molecule has 0 heterocycles. The molecule has 15 heavy (non-hydrogen) atoms. The van der Waals surface area contributed by atoms with Crippen LogP contribution in [0.4, 0.5) is 0 Å². The minimum absolute atomic E-state index is 0.0324. The lowest BCUT2D eigenvalue weighted by Crippen LogP contribution is -2.25. The van der Waals surface area contributed by atoms with Gasteiger partial charge in [-0.2, -0.15) is 0 Å². The summed E-state index contributed by atoms with van der Waals surface area (Å²) in [6, 6.07) is 0. The molecule has 0 aliphatic carbocycles. The molecule has 0 fully saturated rings. The highest BCUT2D eigenvalue weighted by atomic mass is 16.7. The molecule has 0 aromatic rings. The maximum absolute atomic E-state index is 5.55. The van der Waals surface area contributed by atoms with Gasteiger partial charge in [-0.3, -0.25) is 0 Å². The van der Waals surface area contributed by atoms with Crippen molar-refractivity contribution in [2.45, 2.75) is 53.2 Å². The van der Waals surface area contributed by atoms with Crippen molar-refractivity contribution in [3.8, 4) is 0 Å². The lowest BCUT2D eigenvalue weighted by atomic mass is 10.0. The Labute approximate surface area is 94.7 Å². The summed E-state index contributed by atoms with van der Waals surface area (Å²) < 4.78 is 11.1. The van der Waals surface area contributed by atoms with Crippen LogP contribution in [0.25, 0.3) is 0 Å².